The molecule has 8 heavy (non-hydrogen) atoms. The molecule has 1 rings (SSSR count). The third-order valence-electron chi connectivity index (χ3n) is 1.50. The van der Waals surface area contributed by atoms with E-state index in [1.165, 1.54) is 6.54 Å². The van der Waals surface area contributed by atoms with Crippen molar-refractivity contribution < 1.29 is 0 Å². The van der Waals surface area contributed by atoms with Gasteiger partial charge in [0, 0.05) is 25.6 Å². The second-order valence-electron chi connectivity index (χ2n) is 2.25. The van der Waals surface area contributed by atoms with Gasteiger partial charge in [-0.05, 0) is 6.92 Å². The highest BCUT2D eigenvalue weighted by atomic mass is 15.3. The molecule has 0 bridgehead atoms. The van der Waals surface area contributed by atoms with Crippen LogP contribution in [0.5, 0.6) is 0 Å². The summed E-state index contributed by atoms with van der Waals surface area (Å²) in [4.78, 5) is 2.28. The molecule has 0 N–H and O–H groups in total. The molecule has 0 saturated carbocycles. The normalized spacial score (nSPS) is 34.0. The van der Waals surface area contributed by atoms with Crippen molar-refractivity contribution in [1.29, 1.82) is 5.26 Å². The summed E-state index contributed by atoms with van der Waals surface area (Å²) in [5.74, 6) is 0. The summed E-state index contributed by atoms with van der Waals surface area (Å²) in [6.45, 7) is 4.34. The molecule has 0 aromatic rings. The van der Waals surface area contributed by atoms with Gasteiger partial charge in [0.25, 0.3) is 0 Å². The lowest BCUT2D eigenvalue weighted by Crippen LogP contribution is -1.99. The molecule has 2 nitrogen and oxygen atoms in total. The number of nitriles is 1. The molecule has 0 spiro atoms. The number of nitrogens with zero attached hydrogens (tertiary/aromatic N) is 2. The van der Waals surface area contributed by atoms with Crippen molar-refractivity contribution in [3.8, 4) is 6.07 Å². The first-order chi connectivity index (χ1) is 3.84. The molecular formula is C6H10N2. The van der Waals surface area contributed by atoms with Crippen LogP contribution in [0.3, 0.4) is 0 Å². The molecule has 2 heteroatoms. The van der Waals surface area contributed by atoms with Crippen LogP contribution >= 0.6 is 0 Å². The van der Waals surface area contributed by atoms with Gasteiger partial charge in [0.2, 0.25) is 0 Å². The Kier molecular flexibility index (Phi) is 1.50. The van der Waals surface area contributed by atoms with Crippen LogP contribution in [0.25, 0.3) is 0 Å². The minimum Gasteiger partial charge on any atom is -0.297 e. The highest BCUT2D eigenvalue weighted by Gasteiger charge is 2.27. The summed E-state index contributed by atoms with van der Waals surface area (Å²) >= 11 is 0. The molecule has 0 radical (unpaired) electrons. The molecule has 0 aromatic heterocycles. The second-order valence-corrected chi connectivity index (χ2v) is 2.25. The molecule has 0 aliphatic carbocycles. The lowest BCUT2D eigenvalue weighted by atomic mass is 10.5. The summed E-state index contributed by atoms with van der Waals surface area (Å²) in [6.07, 6.45) is 0.685. The van der Waals surface area contributed by atoms with Gasteiger partial charge >= 0.3 is 0 Å². The van der Waals surface area contributed by atoms with Crippen LogP contribution in [-0.4, -0.2) is 24.0 Å². The van der Waals surface area contributed by atoms with Crippen molar-refractivity contribution in [3.63, 3.8) is 0 Å². The van der Waals surface area contributed by atoms with Gasteiger partial charge < -0.3 is 0 Å². The van der Waals surface area contributed by atoms with Crippen LogP contribution in [-0.2, 0) is 0 Å². The molecule has 1 fully saturated rings. The van der Waals surface area contributed by atoms with E-state index in [4.69, 9.17) is 5.26 Å². The van der Waals surface area contributed by atoms with Gasteiger partial charge in [-0.2, -0.15) is 5.26 Å². The van der Waals surface area contributed by atoms with Gasteiger partial charge in [-0.25, -0.2) is 0 Å². The van der Waals surface area contributed by atoms with Crippen molar-refractivity contribution in [2.75, 3.05) is 13.1 Å². The number of rotatable bonds is 2. The minimum atomic E-state index is 0.685. The van der Waals surface area contributed by atoms with Crippen LogP contribution in [0.2, 0.25) is 0 Å². The maximum absolute atomic E-state index is 8.15. The third-order valence-corrected chi connectivity index (χ3v) is 1.50. The first-order valence-corrected chi connectivity index (χ1v) is 2.95. The van der Waals surface area contributed by atoms with E-state index in [-0.39, 0.29) is 0 Å². The average Bonchev–Trinajstić information content (AvgIpc) is 2.42. The maximum Gasteiger partial charge on any atom is 0.0635 e. The van der Waals surface area contributed by atoms with Crippen LogP contribution in [0, 0.1) is 11.3 Å². The molecule has 0 aromatic carbocycles. The summed E-state index contributed by atoms with van der Waals surface area (Å²) in [6, 6.07) is 2.87. The standard InChI is InChI=1S/C6H10N2/c1-6-5-8(6)4-2-3-7/h6H,2,4-5H2,1H3/t6-,8?/m0/s1. The SMILES string of the molecule is C[C@H]1CN1CCC#N. The zero-order chi connectivity index (χ0) is 5.98. The second kappa shape index (κ2) is 2.15. The predicted molar refractivity (Wildman–Crippen MR) is 31.3 cm³/mol. The summed E-state index contributed by atoms with van der Waals surface area (Å²) < 4.78 is 0. The predicted octanol–water partition coefficient (Wildman–Crippen LogP) is 0.604. The van der Waals surface area contributed by atoms with E-state index >= 15 is 0 Å². The Balaban J connectivity index is 1.99. The number of hydrogen-bond donors (Lipinski definition) is 0. The van der Waals surface area contributed by atoms with Crippen LogP contribution < -0.4 is 0 Å². The van der Waals surface area contributed by atoms with Crippen molar-refractivity contribution in [2.45, 2.75) is 19.4 Å². The zero-order valence-corrected chi connectivity index (χ0v) is 5.09. The molecule has 1 aliphatic heterocycles. The van der Waals surface area contributed by atoms with Gasteiger partial charge in [-0.15, -0.1) is 0 Å². The minimum absolute atomic E-state index is 0.685. The quantitative estimate of drug-likeness (QED) is 0.487. The van der Waals surface area contributed by atoms with Crippen LogP contribution in [0.15, 0.2) is 0 Å². The van der Waals surface area contributed by atoms with Gasteiger partial charge in [0.1, 0.15) is 0 Å². The van der Waals surface area contributed by atoms with E-state index in [2.05, 4.69) is 17.9 Å². The fraction of sp³-hybridized carbons (Fsp3) is 0.833. The summed E-state index contributed by atoms with van der Waals surface area (Å²) in [7, 11) is 0. The van der Waals surface area contributed by atoms with Crippen molar-refractivity contribution in [1.82, 2.24) is 4.90 Å². The zero-order valence-electron chi connectivity index (χ0n) is 5.09. The molecular weight excluding hydrogens is 100 g/mol. The molecule has 2 atom stereocenters. The van der Waals surface area contributed by atoms with E-state index in [1.807, 2.05) is 0 Å². The van der Waals surface area contributed by atoms with Gasteiger partial charge in [-0.3, -0.25) is 4.90 Å². The van der Waals surface area contributed by atoms with Crippen molar-refractivity contribution >= 4 is 0 Å². The Bertz CT molecular complexity index is 114. The van der Waals surface area contributed by atoms with E-state index < -0.39 is 0 Å². The lowest BCUT2D eigenvalue weighted by molar-refractivity contribution is 0.529. The Morgan fingerprint density at radius 2 is 2.50 bits per heavy atom. The van der Waals surface area contributed by atoms with Gasteiger partial charge in [-0.1, -0.05) is 0 Å². The molecule has 1 saturated heterocycles. The Labute approximate surface area is 49.7 Å². The summed E-state index contributed by atoms with van der Waals surface area (Å²) in [5.41, 5.74) is 0. The van der Waals surface area contributed by atoms with Crippen LogP contribution in [0.4, 0.5) is 0 Å². The molecule has 1 unspecified atom stereocenters. The number of hydrogen-bond acceptors (Lipinski definition) is 2. The monoisotopic (exact) mass is 110 g/mol. The third kappa shape index (κ3) is 1.21. The Morgan fingerprint density at radius 3 is 2.88 bits per heavy atom. The topological polar surface area (TPSA) is 26.8 Å². The maximum atomic E-state index is 8.15. The highest BCUT2D eigenvalue weighted by Crippen LogP contribution is 2.14. The Morgan fingerprint density at radius 1 is 1.88 bits per heavy atom. The largest absolute Gasteiger partial charge is 0.297 e. The Hall–Kier alpha value is -0.550. The van der Waals surface area contributed by atoms with Gasteiger partial charge in [0.15, 0.2) is 0 Å². The lowest BCUT2D eigenvalue weighted by Gasteiger charge is -1.91. The van der Waals surface area contributed by atoms with E-state index in [9.17, 15) is 0 Å². The first kappa shape index (κ1) is 5.58. The highest BCUT2D eigenvalue weighted by molar-refractivity contribution is 4.86. The molecule has 0 amide bonds. The smallest absolute Gasteiger partial charge is 0.0635 e. The van der Waals surface area contributed by atoms with E-state index in [1.54, 1.807) is 0 Å². The fourth-order valence-corrected chi connectivity index (χ4v) is 0.798. The van der Waals surface area contributed by atoms with Crippen LogP contribution in [0.1, 0.15) is 13.3 Å². The average molecular weight is 110 g/mol. The van der Waals surface area contributed by atoms with E-state index in [0.717, 1.165) is 12.6 Å². The van der Waals surface area contributed by atoms with E-state index in [0.29, 0.717) is 6.42 Å². The molecule has 1 aliphatic rings. The molecule has 44 valence electrons. The fourth-order valence-electron chi connectivity index (χ4n) is 0.798. The van der Waals surface area contributed by atoms with Crippen molar-refractivity contribution in [2.24, 2.45) is 0 Å². The molecule has 1 heterocycles. The van der Waals surface area contributed by atoms with Gasteiger partial charge in [0.05, 0.1) is 6.07 Å². The first-order valence-electron chi connectivity index (χ1n) is 2.95. The van der Waals surface area contributed by atoms with Crippen molar-refractivity contribution in [3.05, 3.63) is 0 Å². The summed E-state index contributed by atoms with van der Waals surface area (Å²) in [5, 5.41) is 8.15.